The first-order valence-corrected chi connectivity index (χ1v) is 7.73. The summed E-state index contributed by atoms with van der Waals surface area (Å²) >= 11 is 3.58. The third-order valence-corrected chi connectivity index (χ3v) is 4.43. The Morgan fingerprint density at radius 1 is 1.17 bits per heavy atom. The number of hydrogen-bond donors (Lipinski definition) is 2. The zero-order valence-corrected chi connectivity index (χ0v) is 12.7. The Hall–Kier alpha value is -0.380. The molecule has 1 unspecified atom stereocenters. The molecule has 0 aliphatic heterocycles. The van der Waals surface area contributed by atoms with Crippen molar-refractivity contribution in [3.8, 4) is 0 Å². The third kappa shape index (κ3) is 3.56. The van der Waals surface area contributed by atoms with Gasteiger partial charge in [-0.3, -0.25) is 11.3 Å². The Morgan fingerprint density at radius 3 is 2.39 bits per heavy atom. The van der Waals surface area contributed by atoms with Crippen LogP contribution in [0.25, 0.3) is 0 Å². The maximum Gasteiger partial charge on any atom is 0.0488 e. The van der Waals surface area contributed by atoms with Gasteiger partial charge in [0, 0.05) is 10.5 Å². The molecule has 0 amide bonds. The number of rotatable bonds is 3. The number of benzene rings is 1. The quantitative estimate of drug-likeness (QED) is 0.498. The highest BCUT2D eigenvalue weighted by molar-refractivity contribution is 9.10. The smallest absolute Gasteiger partial charge is 0.0488 e. The number of hydrazine groups is 1. The number of aryl methyl sites for hydroxylation is 1. The van der Waals surface area contributed by atoms with Crippen LogP contribution in [0.2, 0.25) is 0 Å². The molecule has 1 aromatic rings. The molecule has 1 aromatic carbocycles. The van der Waals surface area contributed by atoms with Gasteiger partial charge in [0.25, 0.3) is 0 Å². The summed E-state index contributed by atoms with van der Waals surface area (Å²) in [5.41, 5.74) is 5.65. The molecule has 1 saturated carbocycles. The Kier molecular flexibility index (Phi) is 5.22. The van der Waals surface area contributed by atoms with Crippen LogP contribution in [0.15, 0.2) is 22.7 Å². The van der Waals surface area contributed by atoms with E-state index in [1.165, 1.54) is 49.7 Å². The number of nitrogens with two attached hydrogens (primary N) is 1. The van der Waals surface area contributed by atoms with Gasteiger partial charge in [-0.05, 0) is 48.9 Å². The molecule has 1 atom stereocenters. The zero-order valence-electron chi connectivity index (χ0n) is 11.1. The fraction of sp³-hybridized carbons (Fsp3) is 0.600. The van der Waals surface area contributed by atoms with Gasteiger partial charge in [-0.1, -0.05) is 47.7 Å². The second kappa shape index (κ2) is 6.69. The Bertz CT molecular complexity index is 364. The molecule has 0 saturated heterocycles. The second-order valence-electron chi connectivity index (χ2n) is 5.46. The van der Waals surface area contributed by atoms with E-state index in [4.69, 9.17) is 5.84 Å². The molecule has 0 radical (unpaired) electrons. The van der Waals surface area contributed by atoms with Gasteiger partial charge in [0.05, 0.1) is 0 Å². The van der Waals surface area contributed by atoms with E-state index in [0.717, 1.165) is 4.47 Å². The molecule has 0 bridgehead atoms. The second-order valence-corrected chi connectivity index (χ2v) is 6.37. The summed E-state index contributed by atoms with van der Waals surface area (Å²) in [7, 11) is 0. The molecule has 1 aliphatic carbocycles. The van der Waals surface area contributed by atoms with Gasteiger partial charge >= 0.3 is 0 Å². The number of halogens is 1. The van der Waals surface area contributed by atoms with Crippen LogP contribution in [0.3, 0.4) is 0 Å². The van der Waals surface area contributed by atoms with Crippen molar-refractivity contribution >= 4 is 15.9 Å². The van der Waals surface area contributed by atoms with E-state index in [0.29, 0.717) is 12.0 Å². The highest BCUT2D eigenvalue weighted by atomic mass is 79.9. The summed E-state index contributed by atoms with van der Waals surface area (Å²) in [6, 6.07) is 6.88. The van der Waals surface area contributed by atoms with Gasteiger partial charge in [0.1, 0.15) is 0 Å². The summed E-state index contributed by atoms with van der Waals surface area (Å²) in [6.45, 7) is 2.13. The van der Waals surface area contributed by atoms with Crippen molar-refractivity contribution in [3.63, 3.8) is 0 Å². The molecular weight excluding hydrogens is 288 g/mol. The van der Waals surface area contributed by atoms with Crippen LogP contribution in [0.4, 0.5) is 0 Å². The Labute approximate surface area is 118 Å². The lowest BCUT2D eigenvalue weighted by Gasteiger charge is -2.26. The van der Waals surface area contributed by atoms with Gasteiger partial charge in [-0.25, -0.2) is 0 Å². The molecule has 100 valence electrons. The molecule has 18 heavy (non-hydrogen) atoms. The van der Waals surface area contributed by atoms with Gasteiger partial charge in [0.15, 0.2) is 0 Å². The molecule has 2 rings (SSSR count). The lowest BCUT2D eigenvalue weighted by molar-refractivity contribution is 0.329. The molecule has 3 N–H and O–H groups in total. The molecule has 0 spiro atoms. The number of hydrogen-bond acceptors (Lipinski definition) is 2. The molecule has 2 nitrogen and oxygen atoms in total. The van der Waals surface area contributed by atoms with Gasteiger partial charge < -0.3 is 0 Å². The van der Waals surface area contributed by atoms with Gasteiger partial charge in [-0.2, -0.15) is 0 Å². The molecule has 0 aromatic heterocycles. The molecule has 0 heterocycles. The first-order valence-electron chi connectivity index (χ1n) is 6.94. The highest BCUT2D eigenvalue weighted by Gasteiger charge is 2.23. The van der Waals surface area contributed by atoms with Crippen molar-refractivity contribution in [2.75, 3.05) is 0 Å². The number of nitrogens with one attached hydrogen (secondary N) is 1. The molecule has 1 fully saturated rings. The fourth-order valence-electron chi connectivity index (χ4n) is 3.09. The Balaban J connectivity index is 2.20. The van der Waals surface area contributed by atoms with Crippen molar-refractivity contribution in [1.29, 1.82) is 0 Å². The SMILES string of the molecule is Cc1cc(Br)cc(C(NN)C2CCCCCC2)c1. The van der Waals surface area contributed by atoms with Crippen LogP contribution in [0.1, 0.15) is 55.7 Å². The topological polar surface area (TPSA) is 38.0 Å². The van der Waals surface area contributed by atoms with E-state index in [-0.39, 0.29) is 0 Å². The highest BCUT2D eigenvalue weighted by Crippen LogP contribution is 2.34. The summed E-state index contributed by atoms with van der Waals surface area (Å²) in [5, 5.41) is 0. The van der Waals surface area contributed by atoms with Crippen LogP contribution in [0, 0.1) is 12.8 Å². The third-order valence-electron chi connectivity index (χ3n) is 3.97. The minimum absolute atomic E-state index is 0.291. The average Bonchev–Trinajstić information content (AvgIpc) is 2.58. The summed E-state index contributed by atoms with van der Waals surface area (Å²) < 4.78 is 1.14. The molecule has 3 heteroatoms. The maximum absolute atomic E-state index is 5.82. The van der Waals surface area contributed by atoms with Crippen LogP contribution in [-0.4, -0.2) is 0 Å². The first-order chi connectivity index (χ1) is 8.70. The Morgan fingerprint density at radius 2 is 1.83 bits per heavy atom. The van der Waals surface area contributed by atoms with Crippen LogP contribution >= 0.6 is 15.9 Å². The predicted octanol–water partition coefficient (Wildman–Crippen LogP) is 4.23. The minimum Gasteiger partial charge on any atom is -0.271 e. The molecule has 1 aliphatic rings. The van der Waals surface area contributed by atoms with Crippen molar-refractivity contribution < 1.29 is 0 Å². The summed E-state index contributed by atoms with van der Waals surface area (Å²) in [5.74, 6) is 6.49. The summed E-state index contributed by atoms with van der Waals surface area (Å²) in [6.07, 6.45) is 8.03. The van der Waals surface area contributed by atoms with Crippen LogP contribution < -0.4 is 11.3 Å². The lowest BCUT2D eigenvalue weighted by Crippen LogP contribution is -2.33. The van der Waals surface area contributed by atoms with Crippen LogP contribution in [0.5, 0.6) is 0 Å². The fourth-order valence-corrected chi connectivity index (χ4v) is 3.72. The predicted molar refractivity (Wildman–Crippen MR) is 80.1 cm³/mol. The van der Waals surface area contributed by atoms with Crippen molar-refractivity contribution in [2.45, 2.75) is 51.5 Å². The van der Waals surface area contributed by atoms with Crippen LogP contribution in [-0.2, 0) is 0 Å². The standard InChI is InChI=1S/C15H23BrN2/c1-11-8-13(10-14(16)9-11)15(18-17)12-6-4-2-3-5-7-12/h8-10,12,15,18H,2-7,17H2,1H3. The average molecular weight is 311 g/mol. The summed E-state index contributed by atoms with van der Waals surface area (Å²) in [4.78, 5) is 0. The van der Waals surface area contributed by atoms with E-state index < -0.39 is 0 Å². The van der Waals surface area contributed by atoms with Gasteiger partial charge in [-0.15, -0.1) is 0 Å². The normalized spacial score (nSPS) is 19.5. The van der Waals surface area contributed by atoms with Crippen molar-refractivity contribution in [3.05, 3.63) is 33.8 Å². The van der Waals surface area contributed by atoms with E-state index in [1.807, 2.05) is 0 Å². The molecular formula is C15H23BrN2. The largest absolute Gasteiger partial charge is 0.271 e. The van der Waals surface area contributed by atoms with E-state index in [2.05, 4.69) is 46.5 Å². The minimum atomic E-state index is 0.291. The van der Waals surface area contributed by atoms with E-state index >= 15 is 0 Å². The van der Waals surface area contributed by atoms with Gasteiger partial charge in [0.2, 0.25) is 0 Å². The maximum atomic E-state index is 5.82. The monoisotopic (exact) mass is 310 g/mol. The zero-order chi connectivity index (χ0) is 13.0. The first kappa shape index (κ1) is 14.0. The lowest BCUT2D eigenvalue weighted by atomic mass is 9.87. The van der Waals surface area contributed by atoms with Crippen molar-refractivity contribution in [1.82, 2.24) is 5.43 Å². The van der Waals surface area contributed by atoms with E-state index in [9.17, 15) is 0 Å². The van der Waals surface area contributed by atoms with Crippen molar-refractivity contribution in [2.24, 2.45) is 11.8 Å². The van der Waals surface area contributed by atoms with E-state index in [1.54, 1.807) is 0 Å².